The average molecular weight is 228 g/mol. The summed E-state index contributed by atoms with van der Waals surface area (Å²) in [6.45, 7) is 1.10. The Kier molecular flexibility index (Phi) is 3.12. The monoisotopic (exact) mass is 228 g/mol. The molecule has 90 valence electrons. The van der Waals surface area contributed by atoms with Crippen molar-refractivity contribution in [3.63, 3.8) is 0 Å². The maximum Gasteiger partial charge on any atom is 0.0971 e. The highest BCUT2D eigenvalue weighted by atomic mass is 15.0. The summed E-state index contributed by atoms with van der Waals surface area (Å²) in [5.74, 6) is 1.23. The molecular formula is C15H20N2. The van der Waals surface area contributed by atoms with Gasteiger partial charge in [0.25, 0.3) is 0 Å². The van der Waals surface area contributed by atoms with Gasteiger partial charge in [0.05, 0.1) is 11.9 Å². The maximum atomic E-state index is 4.94. The Bertz CT molecular complexity index is 415. The second kappa shape index (κ2) is 4.91. The number of aliphatic imine (C=N–C) groups is 1. The lowest BCUT2D eigenvalue weighted by molar-refractivity contribution is 0.615. The topological polar surface area (TPSA) is 24.4 Å². The highest BCUT2D eigenvalue weighted by molar-refractivity contribution is 5.84. The Balaban J connectivity index is 1.91. The minimum Gasteiger partial charge on any atom is -0.374 e. The molecular weight excluding hydrogens is 208 g/mol. The Hall–Kier alpha value is -1.31. The molecule has 1 N–H and O–H groups in total. The van der Waals surface area contributed by atoms with Crippen molar-refractivity contribution in [3.8, 4) is 0 Å². The van der Waals surface area contributed by atoms with Crippen LogP contribution in [0.3, 0.4) is 0 Å². The Morgan fingerprint density at radius 1 is 1.06 bits per heavy atom. The normalized spacial score (nSPS) is 26.4. The molecule has 2 aliphatic rings. The molecule has 0 saturated carbocycles. The number of fused-ring (bicyclic) bond motifs is 1. The molecule has 2 heteroatoms. The van der Waals surface area contributed by atoms with E-state index in [1.807, 2.05) is 0 Å². The molecule has 1 aromatic rings. The molecule has 2 nitrogen and oxygen atoms in total. The Morgan fingerprint density at radius 2 is 2.00 bits per heavy atom. The van der Waals surface area contributed by atoms with E-state index in [0.29, 0.717) is 6.04 Å². The van der Waals surface area contributed by atoms with Crippen molar-refractivity contribution < 1.29 is 0 Å². The molecule has 0 amide bonds. The summed E-state index contributed by atoms with van der Waals surface area (Å²) in [5.41, 5.74) is 2.98. The van der Waals surface area contributed by atoms with Crippen LogP contribution < -0.4 is 5.32 Å². The fourth-order valence-corrected chi connectivity index (χ4v) is 2.90. The zero-order valence-electron chi connectivity index (χ0n) is 10.3. The summed E-state index contributed by atoms with van der Waals surface area (Å²) in [6, 6.07) is 9.25. The Morgan fingerprint density at radius 3 is 2.88 bits per heavy atom. The number of hydrogen-bond donors (Lipinski definition) is 1. The van der Waals surface area contributed by atoms with Crippen LogP contribution in [0.1, 0.15) is 49.3 Å². The minimum atomic E-state index is 0.397. The maximum absolute atomic E-state index is 4.94. The zero-order valence-corrected chi connectivity index (χ0v) is 10.3. The summed E-state index contributed by atoms with van der Waals surface area (Å²) < 4.78 is 0. The average Bonchev–Trinajstić information content (AvgIpc) is 2.78. The molecule has 1 fully saturated rings. The van der Waals surface area contributed by atoms with Crippen LogP contribution >= 0.6 is 0 Å². The summed E-state index contributed by atoms with van der Waals surface area (Å²) in [6.07, 6.45) is 7.43. The third kappa shape index (κ3) is 2.36. The molecule has 1 unspecified atom stereocenters. The molecule has 1 heterocycles. The van der Waals surface area contributed by atoms with Gasteiger partial charge in [-0.15, -0.1) is 0 Å². The zero-order chi connectivity index (χ0) is 11.5. The van der Waals surface area contributed by atoms with Crippen molar-refractivity contribution in [3.05, 3.63) is 35.4 Å². The van der Waals surface area contributed by atoms with E-state index >= 15 is 0 Å². The van der Waals surface area contributed by atoms with E-state index < -0.39 is 0 Å². The predicted octanol–water partition coefficient (Wildman–Crippen LogP) is 3.24. The summed E-state index contributed by atoms with van der Waals surface area (Å²) >= 11 is 0. The lowest BCUT2D eigenvalue weighted by Gasteiger charge is -2.14. The lowest BCUT2D eigenvalue weighted by atomic mass is 9.99. The number of nitrogens with one attached hydrogen (secondary N) is 1. The standard InChI is InChI=1S/C15H20N2/c1-3-8-13-12(6-1)7-2-4-9-14(13)17-15-10-5-11-16-15/h1,3,6,8,14H,2,4-5,7,9-11H2,(H,16,17). The lowest BCUT2D eigenvalue weighted by Crippen LogP contribution is -2.15. The second-order valence-electron chi connectivity index (χ2n) is 5.07. The van der Waals surface area contributed by atoms with Crippen molar-refractivity contribution in [2.45, 2.75) is 44.6 Å². The van der Waals surface area contributed by atoms with Gasteiger partial charge in [0, 0.05) is 13.0 Å². The number of rotatable bonds is 1. The quantitative estimate of drug-likeness (QED) is 0.733. The van der Waals surface area contributed by atoms with Crippen molar-refractivity contribution in [1.29, 1.82) is 0 Å². The number of aryl methyl sites for hydroxylation is 1. The largest absolute Gasteiger partial charge is 0.374 e. The van der Waals surface area contributed by atoms with Gasteiger partial charge in [-0.3, -0.25) is 4.99 Å². The molecule has 3 rings (SSSR count). The van der Waals surface area contributed by atoms with Crippen molar-refractivity contribution in [1.82, 2.24) is 5.32 Å². The van der Waals surface area contributed by atoms with E-state index in [1.165, 1.54) is 49.1 Å². The van der Waals surface area contributed by atoms with E-state index in [0.717, 1.165) is 13.0 Å². The van der Waals surface area contributed by atoms with Crippen LogP contribution in [-0.2, 0) is 6.42 Å². The van der Waals surface area contributed by atoms with E-state index in [4.69, 9.17) is 4.99 Å². The highest BCUT2D eigenvalue weighted by Crippen LogP contribution is 2.31. The summed E-state index contributed by atoms with van der Waals surface area (Å²) in [7, 11) is 0. The van der Waals surface area contributed by atoms with Crippen LogP contribution in [0.4, 0.5) is 0 Å². The number of benzene rings is 1. The van der Waals surface area contributed by atoms with E-state index in [-0.39, 0.29) is 0 Å². The third-order valence-electron chi connectivity index (χ3n) is 3.82. The first-order valence-electron chi connectivity index (χ1n) is 6.82. The van der Waals surface area contributed by atoms with Crippen LogP contribution in [0.5, 0.6) is 0 Å². The van der Waals surface area contributed by atoms with Gasteiger partial charge in [-0.1, -0.05) is 30.7 Å². The summed E-state index contributed by atoms with van der Waals surface area (Å²) in [5, 5.41) is 3.41. The van der Waals surface area contributed by atoms with E-state index in [1.54, 1.807) is 0 Å². The van der Waals surface area contributed by atoms with Crippen molar-refractivity contribution >= 4 is 5.84 Å². The second-order valence-corrected chi connectivity index (χ2v) is 5.07. The predicted molar refractivity (Wildman–Crippen MR) is 71.4 cm³/mol. The van der Waals surface area contributed by atoms with Crippen LogP contribution in [0.25, 0.3) is 0 Å². The Labute approximate surface area is 103 Å². The van der Waals surface area contributed by atoms with Crippen LogP contribution in [0, 0.1) is 0 Å². The van der Waals surface area contributed by atoms with E-state index in [9.17, 15) is 0 Å². The van der Waals surface area contributed by atoms with Crippen molar-refractivity contribution in [2.24, 2.45) is 4.99 Å². The fourth-order valence-electron chi connectivity index (χ4n) is 2.90. The van der Waals surface area contributed by atoms with E-state index in [2.05, 4.69) is 29.6 Å². The van der Waals surface area contributed by atoms with Crippen LogP contribution in [-0.4, -0.2) is 12.4 Å². The van der Waals surface area contributed by atoms with Gasteiger partial charge < -0.3 is 5.32 Å². The van der Waals surface area contributed by atoms with Gasteiger partial charge in [0.15, 0.2) is 0 Å². The van der Waals surface area contributed by atoms with Gasteiger partial charge in [0.1, 0.15) is 0 Å². The minimum absolute atomic E-state index is 0.397. The van der Waals surface area contributed by atoms with Crippen molar-refractivity contribution in [2.75, 3.05) is 6.54 Å². The molecule has 1 aliphatic carbocycles. The number of amidine groups is 1. The molecule has 1 atom stereocenters. The first-order chi connectivity index (χ1) is 8.43. The molecule has 0 aromatic heterocycles. The summed E-state index contributed by atoms with van der Waals surface area (Å²) in [4.78, 5) is 4.94. The molecule has 17 heavy (non-hydrogen) atoms. The SMILES string of the molecule is c1ccc2c(c1)CCCCC2/N=C1\CCCN1. The molecule has 1 saturated heterocycles. The molecule has 1 aromatic carbocycles. The molecule has 0 bridgehead atoms. The fraction of sp³-hybridized carbons (Fsp3) is 0.533. The number of hydrogen-bond acceptors (Lipinski definition) is 1. The van der Waals surface area contributed by atoms with Gasteiger partial charge in [-0.2, -0.15) is 0 Å². The first-order valence-corrected chi connectivity index (χ1v) is 6.82. The van der Waals surface area contributed by atoms with Gasteiger partial charge in [0.2, 0.25) is 0 Å². The smallest absolute Gasteiger partial charge is 0.0971 e. The number of nitrogens with zero attached hydrogens (tertiary/aromatic N) is 1. The van der Waals surface area contributed by atoms with Gasteiger partial charge >= 0.3 is 0 Å². The van der Waals surface area contributed by atoms with Gasteiger partial charge in [-0.25, -0.2) is 0 Å². The van der Waals surface area contributed by atoms with Crippen LogP contribution in [0.15, 0.2) is 29.3 Å². The third-order valence-corrected chi connectivity index (χ3v) is 3.82. The van der Waals surface area contributed by atoms with Gasteiger partial charge in [-0.05, 0) is 36.8 Å². The molecule has 1 aliphatic heterocycles. The highest BCUT2D eigenvalue weighted by Gasteiger charge is 2.18. The molecule has 0 spiro atoms. The van der Waals surface area contributed by atoms with Crippen LogP contribution in [0.2, 0.25) is 0 Å². The molecule has 0 radical (unpaired) electrons. The first kappa shape index (κ1) is 10.8.